The van der Waals surface area contributed by atoms with Gasteiger partial charge in [0, 0.05) is 12.1 Å². The Morgan fingerprint density at radius 1 is 1.62 bits per heavy atom. The third-order valence-corrected chi connectivity index (χ3v) is 2.29. The number of carboxylic acid groups (broad SMARTS) is 1. The summed E-state index contributed by atoms with van der Waals surface area (Å²) in [7, 11) is 0. The first kappa shape index (κ1) is 12.4. The van der Waals surface area contributed by atoms with Gasteiger partial charge in [0.2, 0.25) is 0 Å². The van der Waals surface area contributed by atoms with Crippen LogP contribution >= 0.6 is 11.6 Å². The molecule has 0 heterocycles. The number of aliphatic carboxylic acids is 1. The number of rotatable bonds is 4. The fourth-order valence-corrected chi connectivity index (χ4v) is 1.47. The summed E-state index contributed by atoms with van der Waals surface area (Å²) in [5, 5.41) is 19.0. The Hall–Kier alpha value is -1.66. The van der Waals surface area contributed by atoms with E-state index in [1.807, 2.05) is 0 Å². The van der Waals surface area contributed by atoms with Gasteiger partial charge in [0.05, 0.1) is 11.3 Å². The fraction of sp³-hybridized carbons (Fsp3) is 0.222. The van der Waals surface area contributed by atoms with Crippen LogP contribution < -0.4 is 5.73 Å². The number of carbonyl (C=O) groups is 1. The minimum atomic E-state index is -1.04. The Morgan fingerprint density at radius 2 is 2.25 bits per heavy atom. The van der Waals surface area contributed by atoms with Crippen molar-refractivity contribution in [2.24, 2.45) is 5.73 Å². The second kappa shape index (κ2) is 4.91. The normalized spacial score (nSPS) is 12.1. The molecule has 1 rings (SSSR count). The van der Waals surface area contributed by atoms with Gasteiger partial charge in [-0.1, -0.05) is 17.7 Å². The SMILES string of the molecule is NC(CC(=O)O)c1ccc([N+](=O)[O-])c(Cl)c1. The van der Waals surface area contributed by atoms with Crippen LogP contribution in [0.5, 0.6) is 0 Å². The molecule has 0 bridgehead atoms. The maximum absolute atomic E-state index is 10.5. The monoisotopic (exact) mass is 244 g/mol. The van der Waals surface area contributed by atoms with E-state index in [2.05, 4.69) is 0 Å². The molecule has 0 aliphatic rings. The van der Waals surface area contributed by atoms with E-state index in [0.717, 1.165) is 0 Å². The highest BCUT2D eigenvalue weighted by molar-refractivity contribution is 6.32. The molecule has 0 radical (unpaired) electrons. The Bertz CT molecular complexity index is 436. The smallest absolute Gasteiger partial charge is 0.305 e. The molecular weight excluding hydrogens is 236 g/mol. The molecule has 1 aromatic rings. The third-order valence-electron chi connectivity index (χ3n) is 1.99. The van der Waals surface area contributed by atoms with Gasteiger partial charge in [-0.25, -0.2) is 0 Å². The number of nitro groups is 1. The third kappa shape index (κ3) is 2.91. The first-order valence-electron chi connectivity index (χ1n) is 4.33. The molecule has 0 aliphatic heterocycles. The van der Waals surface area contributed by atoms with Crippen LogP contribution in [0, 0.1) is 10.1 Å². The molecule has 6 nitrogen and oxygen atoms in total. The van der Waals surface area contributed by atoms with Crippen LogP contribution in [0.4, 0.5) is 5.69 Å². The van der Waals surface area contributed by atoms with Crippen molar-refractivity contribution < 1.29 is 14.8 Å². The van der Waals surface area contributed by atoms with Crippen LogP contribution in [0.25, 0.3) is 0 Å². The molecule has 0 saturated carbocycles. The lowest BCUT2D eigenvalue weighted by molar-refractivity contribution is -0.384. The van der Waals surface area contributed by atoms with Crippen molar-refractivity contribution in [1.82, 2.24) is 0 Å². The van der Waals surface area contributed by atoms with Gasteiger partial charge in [0.15, 0.2) is 0 Å². The number of halogens is 1. The lowest BCUT2D eigenvalue weighted by Crippen LogP contribution is -2.15. The number of hydrogen-bond acceptors (Lipinski definition) is 4. The molecular formula is C9H9ClN2O4. The van der Waals surface area contributed by atoms with Crippen LogP contribution in [0.2, 0.25) is 5.02 Å². The molecule has 0 amide bonds. The molecule has 0 fully saturated rings. The molecule has 1 unspecified atom stereocenters. The minimum absolute atomic E-state index is 0.0525. The summed E-state index contributed by atoms with van der Waals surface area (Å²) in [5.41, 5.74) is 5.81. The van der Waals surface area contributed by atoms with Gasteiger partial charge >= 0.3 is 5.97 Å². The zero-order chi connectivity index (χ0) is 12.3. The van der Waals surface area contributed by atoms with Crippen LogP contribution in [-0.2, 0) is 4.79 Å². The molecule has 0 aliphatic carbocycles. The summed E-state index contributed by atoms with van der Waals surface area (Å²) < 4.78 is 0. The Kier molecular flexibility index (Phi) is 3.81. The average molecular weight is 245 g/mol. The predicted octanol–water partition coefficient (Wildman–Crippen LogP) is 1.72. The molecule has 7 heteroatoms. The summed E-state index contributed by atoms with van der Waals surface area (Å²) in [6.07, 6.45) is -0.256. The summed E-state index contributed by atoms with van der Waals surface area (Å²) in [6.45, 7) is 0. The van der Waals surface area contributed by atoms with Gasteiger partial charge < -0.3 is 10.8 Å². The number of hydrogen-bond donors (Lipinski definition) is 2. The molecule has 86 valence electrons. The van der Waals surface area contributed by atoms with Crippen molar-refractivity contribution >= 4 is 23.3 Å². The summed E-state index contributed by atoms with van der Waals surface area (Å²) in [5.74, 6) is -1.04. The van der Waals surface area contributed by atoms with Crippen molar-refractivity contribution in [3.63, 3.8) is 0 Å². The molecule has 3 N–H and O–H groups in total. The van der Waals surface area contributed by atoms with Crippen molar-refractivity contribution in [1.29, 1.82) is 0 Å². The summed E-state index contributed by atoms with van der Waals surface area (Å²) in [4.78, 5) is 20.3. The van der Waals surface area contributed by atoms with Crippen LogP contribution in [-0.4, -0.2) is 16.0 Å². The summed E-state index contributed by atoms with van der Waals surface area (Å²) >= 11 is 5.66. The van der Waals surface area contributed by atoms with Crippen molar-refractivity contribution in [3.05, 3.63) is 38.9 Å². The zero-order valence-electron chi connectivity index (χ0n) is 8.09. The van der Waals surface area contributed by atoms with Gasteiger partial charge in [0.1, 0.15) is 5.02 Å². The standard InChI is InChI=1S/C9H9ClN2O4/c10-6-3-5(7(11)4-9(13)14)1-2-8(6)12(15)16/h1-3,7H,4,11H2,(H,13,14). The number of carboxylic acids is 1. The predicted molar refractivity (Wildman–Crippen MR) is 57.3 cm³/mol. The highest BCUT2D eigenvalue weighted by Crippen LogP contribution is 2.27. The van der Waals surface area contributed by atoms with Gasteiger partial charge in [-0.15, -0.1) is 0 Å². The van der Waals surface area contributed by atoms with E-state index >= 15 is 0 Å². The first-order valence-corrected chi connectivity index (χ1v) is 4.71. The van der Waals surface area contributed by atoms with Crippen LogP contribution in [0.1, 0.15) is 18.0 Å². The lowest BCUT2D eigenvalue weighted by Gasteiger charge is -2.09. The Morgan fingerprint density at radius 3 is 2.69 bits per heavy atom. The van der Waals surface area contributed by atoms with Crippen LogP contribution in [0.3, 0.4) is 0 Å². The maximum atomic E-state index is 10.5. The molecule has 0 spiro atoms. The molecule has 0 aromatic heterocycles. The second-order valence-electron chi connectivity index (χ2n) is 3.17. The van der Waals surface area contributed by atoms with E-state index in [0.29, 0.717) is 5.56 Å². The largest absolute Gasteiger partial charge is 0.481 e. The Balaban J connectivity index is 2.96. The van der Waals surface area contributed by atoms with E-state index in [1.54, 1.807) is 0 Å². The topological polar surface area (TPSA) is 106 Å². The molecule has 1 aromatic carbocycles. The highest BCUT2D eigenvalue weighted by Gasteiger charge is 2.16. The quantitative estimate of drug-likeness (QED) is 0.619. The lowest BCUT2D eigenvalue weighted by atomic mass is 10.0. The average Bonchev–Trinajstić information content (AvgIpc) is 2.15. The fourth-order valence-electron chi connectivity index (χ4n) is 1.21. The van der Waals surface area contributed by atoms with E-state index in [-0.39, 0.29) is 17.1 Å². The minimum Gasteiger partial charge on any atom is -0.481 e. The van der Waals surface area contributed by atoms with Crippen LogP contribution in [0.15, 0.2) is 18.2 Å². The zero-order valence-corrected chi connectivity index (χ0v) is 8.85. The van der Waals surface area contributed by atoms with Crippen molar-refractivity contribution in [2.75, 3.05) is 0 Å². The number of benzene rings is 1. The van der Waals surface area contributed by atoms with Gasteiger partial charge in [-0.3, -0.25) is 14.9 Å². The molecule has 16 heavy (non-hydrogen) atoms. The number of nitrogens with two attached hydrogens (primary N) is 1. The highest BCUT2D eigenvalue weighted by atomic mass is 35.5. The molecule has 0 saturated heterocycles. The van der Waals surface area contributed by atoms with E-state index in [1.165, 1.54) is 18.2 Å². The number of nitrogens with zero attached hydrogens (tertiary/aromatic N) is 1. The Labute approximate surface area is 95.8 Å². The number of nitro benzene ring substituents is 1. The van der Waals surface area contributed by atoms with Gasteiger partial charge in [-0.05, 0) is 11.6 Å². The van der Waals surface area contributed by atoms with Gasteiger partial charge in [-0.2, -0.15) is 0 Å². The van der Waals surface area contributed by atoms with E-state index in [9.17, 15) is 14.9 Å². The van der Waals surface area contributed by atoms with E-state index in [4.69, 9.17) is 22.4 Å². The van der Waals surface area contributed by atoms with E-state index < -0.39 is 16.9 Å². The summed E-state index contributed by atoms with van der Waals surface area (Å²) in [6, 6.07) is 3.19. The maximum Gasteiger partial charge on any atom is 0.305 e. The van der Waals surface area contributed by atoms with Crippen molar-refractivity contribution in [3.8, 4) is 0 Å². The van der Waals surface area contributed by atoms with Crippen molar-refractivity contribution in [2.45, 2.75) is 12.5 Å². The second-order valence-corrected chi connectivity index (χ2v) is 3.58. The first-order chi connectivity index (χ1) is 7.41. The molecule has 1 atom stereocenters. The van der Waals surface area contributed by atoms with Gasteiger partial charge in [0.25, 0.3) is 5.69 Å².